The summed E-state index contributed by atoms with van der Waals surface area (Å²) in [6.07, 6.45) is 1.70. The quantitative estimate of drug-likeness (QED) is 0.857. The average Bonchev–Trinajstić information content (AvgIpc) is 2.30. The molecule has 2 heterocycles. The smallest absolute Gasteiger partial charge is 0.329 e. The van der Waals surface area contributed by atoms with Crippen LogP contribution >= 0.6 is 0 Å². The lowest BCUT2D eigenvalue weighted by molar-refractivity contribution is -0.142. The predicted octanol–water partition coefficient (Wildman–Crippen LogP) is 0.604. The first-order chi connectivity index (χ1) is 8.56. The Labute approximate surface area is 102 Å². The van der Waals surface area contributed by atoms with E-state index < -0.39 is 12.6 Å². The zero-order chi connectivity index (χ0) is 13.1. The summed E-state index contributed by atoms with van der Waals surface area (Å²) in [5, 5.41) is 8.44. The van der Waals surface area contributed by atoms with E-state index in [-0.39, 0.29) is 12.2 Å². The fourth-order valence-electron chi connectivity index (χ4n) is 1.58. The standard InChI is InChI=1S/C12H12N2O4/c1-8-2-3-10-13-9(6-18-7-12(16)17)4-11(15)14(10)5-8/h2-5H,6-7H2,1H3,(H,16,17). The number of nitrogens with zero attached hydrogens (tertiary/aromatic N) is 2. The maximum atomic E-state index is 11.8. The van der Waals surface area contributed by atoms with Gasteiger partial charge in [-0.25, -0.2) is 9.78 Å². The Morgan fingerprint density at radius 2 is 2.28 bits per heavy atom. The molecule has 6 nitrogen and oxygen atoms in total. The number of hydrogen-bond donors (Lipinski definition) is 1. The molecule has 0 aromatic carbocycles. The minimum atomic E-state index is -1.05. The van der Waals surface area contributed by atoms with Gasteiger partial charge in [-0.1, -0.05) is 6.07 Å². The molecular weight excluding hydrogens is 236 g/mol. The van der Waals surface area contributed by atoms with Crippen LogP contribution in [0.4, 0.5) is 0 Å². The highest BCUT2D eigenvalue weighted by molar-refractivity contribution is 5.67. The number of pyridine rings is 1. The van der Waals surface area contributed by atoms with Crippen molar-refractivity contribution in [3.05, 3.63) is 46.0 Å². The lowest BCUT2D eigenvalue weighted by atomic mass is 10.3. The van der Waals surface area contributed by atoms with Crippen molar-refractivity contribution in [2.45, 2.75) is 13.5 Å². The molecule has 0 bridgehead atoms. The molecule has 0 spiro atoms. The molecule has 0 aliphatic rings. The second-order valence-corrected chi connectivity index (χ2v) is 3.91. The molecule has 1 N–H and O–H groups in total. The molecule has 0 unspecified atom stereocenters. The van der Waals surface area contributed by atoms with Gasteiger partial charge >= 0.3 is 5.97 Å². The SMILES string of the molecule is Cc1ccc2nc(COCC(=O)O)cc(=O)n2c1. The van der Waals surface area contributed by atoms with E-state index in [0.717, 1.165) is 5.56 Å². The first kappa shape index (κ1) is 12.3. The molecule has 0 radical (unpaired) electrons. The van der Waals surface area contributed by atoms with E-state index in [2.05, 4.69) is 4.98 Å². The second kappa shape index (κ2) is 4.97. The number of rotatable bonds is 4. The third-order valence-corrected chi connectivity index (χ3v) is 2.34. The molecule has 18 heavy (non-hydrogen) atoms. The fraction of sp³-hybridized carbons (Fsp3) is 0.250. The van der Waals surface area contributed by atoms with Crippen LogP contribution in [0, 0.1) is 6.92 Å². The lowest BCUT2D eigenvalue weighted by Crippen LogP contribution is -2.16. The molecule has 6 heteroatoms. The van der Waals surface area contributed by atoms with E-state index >= 15 is 0 Å². The van der Waals surface area contributed by atoms with Crippen molar-refractivity contribution in [2.75, 3.05) is 6.61 Å². The highest BCUT2D eigenvalue weighted by Gasteiger charge is 2.04. The Bertz CT molecular complexity index is 648. The predicted molar refractivity (Wildman–Crippen MR) is 63.5 cm³/mol. The molecular formula is C12H12N2O4. The van der Waals surface area contributed by atoms with Crippen molar-refractivity contribution in [3.63, 3.8) is 0 Å². The van der Waals surface area contributed by atoms with E-state index in [1.54, 1.807) is 12.3 Å². The van der Waals surface area contributed by atoms with E-state index in [1.807, 2.05) is 13.0 Å². The zero-order valence-corrected chi connectivity index (χ0v) is 9.79. The van der Waals surface area contributed by atoms with Crippen LogP contribution < -0.4 is 5.56 Å². The molecule has 0 saturated heterocycles. The third kappa shape index (κ3) is 2.72. The molecule has 0 aliphatic carbocycles. The van der Waals surface area contributed by atoms with Gasteiger partial charge in [-0.2, -0.15) is 0 Å². The van der Waals surface area contributed by atoms with Crippen molar-refractivity contribution < 1.29 is 14.6 Å². The van der Waals surface area contributed by atoms with Gasteiger partial charge in [0.25, 0.3) is 5.56 Å². The van der Waals surface area contributed by atoms with Crippen LogP contribution in [0.25, 0.3) is 5.65 Å². The number of fused-ring (bicyclic) bond motifs is 1. The van der Waals surface area contributed by atoms with E-state index in [0.29, 0.717) is 11.3 Å². The zero-order valence-electron chi connectivity index (χ0n) is 9.79. The summed E-state index contributed by atoms with van der Waals surface area (Å²) in [6, 6.07) is 4.93. The van der Waals surface area contributed by atoms with Gasteiger partial charge in [0.05, 0.1) is 12.3 Å². The maximum absolute atomic E-state index is 11.8. The number of carbonyl (C=O) groups is 1. The van der Waals surface area contributed by atoms with E-state index in [1.165, 1.54) is 10.5 Å². The number of aliphatic carboxylic acids is 1. The first-order valence-corrected chi connectivity index (χ1v) is 5.35. The Morgan fingerprint density at radius 3 is 3.00 bits per heavy atom. The van der Waals surface area contributed by atoms with Gasteiger partial charge in [-0.3, -0.25) is 9.20 Å². The summed E-state index contributed by atoms with van der Waals surface area (Å²) >= 11 is 0. The van der Waals surface area contributed by atoms with Crippen LogP contribution in [-0.2, 0) is 16.1 Å². The molecule has 2 aromatic rings. The third-order valence-electron chi connectivity index (χ3n) is 2.34. The number of carboxylic acids is 1. The fourth-order valence-corrected chi connectivity index (χ4v) is 1.58. The summed E-state index contributed by atoms with van der Waals surface area (Å²) in [4.78, 5) is 26.3. The largest absolute Gasteiger partial charge is 0.480 e. The van der Waals surface area contributed by atoms with Crippen LogP contribution in [0.5, 0.6) is 0 Å². The van der Waals surface area contributed by atoms with Gasteiger partial charge in [0, 0.05) is 12.3 Å². The summed E-state index contributed by atoms with van der Waals surface area (Å²) < 4.78 is 6.34. The number of ether oxygens (including phenoxy) is 1. The number of hydrogen-bond acceptors (Lipinski definition) is 4. The summed E-state index contributed by atoms with van der Waals surface area (Å²) in [7, 11) is 0. The molecule has 2 aromatic heterocycles. The van der Waals surface area contributed by atoms with E-state index in [9.17, 15) is 9.59 Å². The van der Waals surface area contributed by atoms with E-state index in [4.69, 9.17) is 9.84 Å². The summed E-state index contributed by atoms with van der Waals surface area (Å²) in [6.45, 7) is 1.48. The lowest BCUT2D eigenvalue weighted by Gasteiger charge is -2.04. The van der Waals surface area contributed by atoms with Gasteiger partial charge < -0.3 is 9.84 Å². The van der Waals surface area contributed by atoms with Crippen LogP contribution in [-0.4, -0.2) is 27.1 Å². The van der Waals surface area contributed by atoms with Crippen LogP contribution in [0.3, 0.4) is 0 Å². The van der Waals surface area contributed by atoms with Gasteiger partial charge in [0.2, 0.25) is 0 Å². The van der Waals surface area contributed by atoms with Crippen molar-refractivity contribution >= 4 is 11.6 Å². The second-order valence-electron chi connectivity index (χ2n) is 3.91. The normalized spacial score (nSPS) is 10.7. The van der Waals surface area contributed by atoms with Crippen LogP contribution in [0.15, 0.2) is 29.2 Å². The van der Waals surface area contributed by atoms with Crippen LogP contribution in [0.2, 0.25) is 0 Å². The Morgan fingerprint density at radius 1 is 1.50 bits per heavy atom. The van der Waals surface area contributed by atoms with Gasteiger partial charge in [0.15, 0.2) is 0 Å². The maximum Gasteiger partial charge on any atom is 0.329 e. The molecule has 0 aliphatic heterocycles. The highest BCUT2D eigenvalue weighted by Crippen LogP contribution is 2.03. The van der Waals surface area contributed by atoms with Gasteiger partial charge in [-0.15, -0.1) is 0 Å². The van der Waals surface area contributed by atoms with Gasteiger partial charge in [0.1, 0.15) is 12.3 Å². The monoisotopic (exact) mass is 248 g/mol. The Kier molecular flexibility index (Phi) is 3.38. The van der Waals surface area contributed by atoms with Crippen molar-refractivity contribution in [1.29, 1.82) is 0 Å². The summed E-state index contributed by atoms with van der Waals surface area (Å²) in [5.74, 6) is -1.05. The molecule has 0 amide bonds. The Hall–Kier alpha value is -2.21. The van der Waals surface area contributed by atoms with Crippen LogP contribution in [0.1, 0.15) is 11.3 Å². The number of carboxylic acid groups (broad SMARTS) is 1. The molecule has 2 rings (SSSR count). The topological polar surface area (TPSA) is 80.9 Å². The minimum absolute atomic E-state index is 0.00587. The van der Waals surface area contributed by atoms with Gasteiger partial charge in [-0.05, 0) is 18.6 Å². The van der Waals surface area contributed by atoms with Crippen molar-refractivity contribution in [1.82, 2.24) is 9.38 Å². The average molecular weight is 248 g/mol. The minimum Gasteiger partial charge on any atom is -0.480 e. The Balaban J connectivity index is 2.29. The van der Waals surface area contributed by atoms with Crippen molar-refractivity contribution in [3.8, 4) is 0 Å². The molecule has 0 saturated carbocycles. The molecule has 94 valence electrons. The number of aromatic nitrogens is 2. The highest BCUT2D eigenvalue weighted by atomic mass is 16.5. The first-order valence-electron chi connectivity index (χ1n) is 5.35. The summed E-state index contributed by atoms with van der Waals surface area (Å²) in [5.41, 5.74) is 1.69. The molecule has 0 fully saturated rings. The molecule has 0 atom stereocenters. The van der Waals surface area contributed by atoms with Crippen molar-refractivity contribution in [2.24, 2.45) is 0 Å². The number of aryl methyl sites for hydroxylation is 1.